The molecule has 0 spiro atoms. The van der Waals surface area contributed by atoms with Crippen LogP contribution >= 0.6 is 11.3 Å². The van der Waals surface area contributed by atoms with Crippen molar-refractivity contribution in [1.82, 2.24) is 4.72 Å². The summed E-state index contributed by atoms with van der Waals surface area (Å²) in [4.78, 5) is 0. The molecule has 0 amide bonds. The molecule has 0 unspecified atom stereocenters. The van der Waals surface area contributed by atoms with Crippen LogP contribution in [0.4, 0.5) is 0 Å². The molecule has 0 aliphatic rings. The number of benzene rings is 1. The molecule has 1 heterocycles. The molecule has 1 N–H and O–H groups in total. The summed E-state index contributed by atoms with van der Waals surface area (Å²) in [7, 11) is -1.82. The molecule has 7 heteroatoms. The van der Waals surface area contributed by atoms with Gasteiger partial charge in [0, 0.05) is 6.54 Å². The molecule has 22 heavy (non-hydrogen) atoms. The molecule has 5 nitrogen and oxygen atoms in total. The lowest BCUT2D eigenvalue weighted by Gasteiger charge is -2.11. The zero-order chi connectivity index (χ0) is 16.0. The van der Waals surface area contributed by atoms with Gasteiger partial charge in [-0.25, -0.2) is 13.1 Å². The number of thiophene rings is 1. The highest BCUT2D eigenvalue weighted by Crippen LogP contribution is 2.28. The van der Waals surface area contributed by atoms with Gasteiger partial charge in [-0.3, -0.25) is 0 Å². The number of rotatable bonds is 8. The van der Waals surface area contributed by atoms with Crippen LogP contribution in [-0.4, -0.2) is 28.7 Å². The molecular weight excluding hydrogens is 322 g/mol. The highest BCUT2D eigenvalue weighted by Gasteiger charge is 2.14. The Morgan fingerprint density at radius 3 is 2.68 bits per heavy atom. The second-order valence-electron chi connectivity index (χ2n) is 4.50. The Kier molecular flexibility index (Phi) is 5.82. The van der Waals surface area contributed by atoms with E-state index in [2.05, 4.69) is 4.72 Å². The standard InChI is InChI=1S/C15H19NO4S2/c1-3-20-13-7-6-12(11-14(13)19-2)8-9-16-22(17,18)15-5-4-10-21-15/h4-7,10-11,16H,3,8-9H2,1-2H3. The predicted octanol–water partition coefficient (Wildman–Crippen LogP) is 2.68. The lowest BCUT2D eigenvalue weighted by atomic mass is 10.1. The molecule has 0 saturated carbocycles. The van der Waals surface area contributed by atoms with E-state index in [9.17, 15) is 8.42 Å². The van der Waals surface area contributed by atoms with Crippen LogP contribution in [0.25, 0.3) is 0 Å². The number of methoxy groups -OCH3 is 1. The van der Waals surface area contributed by atoms with Crippen molar-refractivity contribution in [3.8, 4) is 11.5 Å². The van der Waals surface area contributed by atoms with Gasteiger partial charge in [0.1, 0.15) is 4.21 Å². The number of ether oxygens (including phenoxy) is 2. The maximum Gasteiger partial charge on any atom is 0.250 e. The molecular formula is C15H19NO4S2. The van der Waals surface area contributed by atoms with Crippen LogP contribution in [0.2, 0.25) is 0 Å². The monoisotopic (exact) mass is 341 g/mol. The van der Waals surface area contributed by atoms with E-state index >= 15 is 0 Å². The lowest BCUT2D eigenvalue weighted by molar-refractivity contribution is 0.310. The Balaban J connectivity index is 1.97. The molecule has 2 aromatic rings. The Hall–Kier alpha value is -1.57. The Labute approximate surface area is 134 Å². The fourth-order valence-corrected chi connectivity index (χ4v) is 4.03. The lowest BCUT2D eigenvalue weighted by Crippen LogP contribution is -2.25. The topological polar surface area (TPSA) is 64.6 Å². The van der Waals surface area contributed by atoms with E-state index < -0.39 is 10.0 Å². The average molecular weight is 341 g/mol. The zero-order valence-corrected chi connectivity index (χ0v) is 14.2. The van der Waals surface area contributed by atoms with Crippen LogP contribution in [-0.2, 0) is 16.4 Å². The summed E-state index contributed by atoms with van der Waals surface area (Å²) in [5.41, 5.74) is 0.981. The maximum absolute atomic E-state index is 12.0. The van der Waals surface area contributed by atoms with Crippen molar-refractivity contribution in [3.05, 3.63) is 41.3 Å². The van der Waals surface area contributed by atoms with Gasteiger partial charge < -0.3 is 9.47 Å². The maximum atomic E-state index is 12.0. The number of sulfonamides is 1. The summed E-state index contributed by atoms with van der Waals surface area (Å²) in [6, 6.07) is 8.92. The summed E-state index contributed by atoms with van der Waals surface area (Å²) >= 11 is 1.20. The molecule has 1 aromatic carbocycles. The minimum absolute atomic E-state index is 0.330. The smallest absolute Gasteiger partial charge is 0.250 e. The van der Waals surface area contributed by atoms with Crippen molar-refractivity contribution in [3.63, 3.8) is 0 Å². The summed E-state index contributed by atoms with van der Waals surface area (Å²) in [5, 5.41) is 1.74. The summed E-state index contributed by atoms with van der Waals surface area (Å²) in [6.07, 6.45) is 0.577. The molecule has 2 rings (SSSR count). The highest BCUT2D eigenvalue weighted by molar-refractivity contribution is 7.91. The van der Waals surface area contributed by atoms with E-state index in [0.717, 1.165) is 5.56 Å². The molecule has 0 aliphatic carbocycles. The van der Waals surface area contributed by atoms with Crippen molar-refractivity contribution < 1.29 is 17.9 Å². The largest absolute Gasteiger partial charge is 0.493 e. The normalized spacial score (nSPS) is 11.4. The molecule has 0 aliphatic heterocycles. The first kappa shape index (κ1) is 16.8. The summed E-state index contributed by atoms with van der Waals surface area (Å²) < 4.78 is 37.7. The van der Waals surface area contributed by atoms with Gasteiger partial charge in [0.15, 0.2) is 11.5 Å². The fraction of sp³-hybridized carbons (Fsp3) is 0.333. The van der Waals surface area contributed by atoms with Gasteiger partial charge in [-0.2, -0.15) is 0 Å². The molecule has 0 atom stereocenters. The van der Waals surface area contributed by atoms with Gasteiger partial charge >= 0.3 is 0 Å². The van der Waals surface area contributed by atoms with Gasteiger partial charge in [-0.15, -0.1) is 11.3 Å². The molecule has 0 bridgehead atoms. The van der Waals surface area contributed by atoms with Gasteiger partial charge in [-0.1, -0.05) is 12.1 Å². The second-order valence-corrected chi connectivity index (χ2v) is 7.44. The molecule has 1 aromatic heterocycles. The molecule has 0 fully saturated rings. The van der Waals surface area contributed by atoms with Crippen LogP contribution in [0.1, 0.15) is 12.5 Å². The third-order valence-electron chi connectivity index (χ3n) is 2.99. The minimum Gasteiger partial charge on any atom is -0.493 e. The van der Waals surface area contributed by atoms with Crippen molar-refractivity contribution in [2.75, 3.05) is 20.3 Å². The van der Waals surface area contributed by atoms with Crippen molar-refractivity contribution in [2.24, 2.45) is 0 Å². The first-order chi connectivity index (χ1) is 10.6. The van der Waals surface area contributed by atoms with Crippen molar-refractivity contribution in [2.45, 2.75) is 17.6 Å². The Morgan fingerprint density at radius 2 is 2.05 bits per heavy atom. The van der Waals surface area contributed by atoms with E-state index in [1.165, 1.54) is 11.3 Å². The van der Waals surface area contributed by atoms with Crippen LogP contribution < -0.4 is 14.2 Å². The molecule has 120 valence electrons. The van der Waals surface area contributed by atoms with Gasteiger partial charge in [-0.05, 0) is 42.5 Å². The van der Waals surface area contributed by atoms with Crippen LogP contribution in [0.3, 0.4) is 0 Å². The van der Waals surface area contributed by atoms with E-state index in [1.54, 1.807) is 24.6 Å². The predicted molar refractivity (Wildman–Crippen MR) is 87.4 cm³/mol. The Morgan fingerprint density at radius 1 is 1.23 bits per heavy atom. The third-order valence-corrected chi connectivity index (χ3v) is 5.85. The van der Waals surface area contributed by atoms with Gasteiger partial charge in [0.25, 0.3) is 0 Å². The highest BCUT2D eigenvalue weighted by atomic mass is 32.2. The van der Waals surface area contributed by atoms with E-state index in [4.69, 9.17) is 9.47 Å². The van der Waals surface area contributed by atoms with E-state index in [0.29, 0.717) is 35.3 Å². The third kappa shape index (κ3) is 4.22. The Bertz CT molecular complexity index is 696. The molecule has 0 saturated heterocycles. The zero-order valence-electron chi connectivity index (χ0n) is 12.5. The van der Waals surface area contributed by atoms with Crippen molar-refractivity contribution in [1.29, 1.82) is 0 Å². The fourth-order valence-electron chi connectivity index (χ4n) is 1.96. The SMILES string of the molecule is CCOc1ccc(CCNS(=O)(=O)c2cccs2)cc1OC. The number of nitrogens with one attached hydrogen (secondary N) is 1. The quantitative estimate of drug-likeness (QED) is 0.802. The van der Waals surface area contributed by atoms with Crippen LogP contribution in [0, 0.1) is 0 Å². The second kappa shape index (κ2) is 7.62. The van der Waals surface area contributed by atoms with Gasteiger partial charge in [0.2, 0.25) is 10.0 Å². The number of hydrogen-bond donors (Lipinski definition) is 1. The number of hydrogen-bond acceptors (Lipinski definition) is 5. The van der Waals surface area contributed by atoms with E-state index in [1.807, 2.05) is 25.1 Å². The molecule has 0 radical (unpaired) electrons. The van der Waals surface area contributed by atoms with Crippen molar-refractivity contribution >= 4 is 21.4 Å². The summed E-state index contributed by atoms with van der Waals surface area (Å²) in [6.45, 7) is 2.81. The minimum atomic E-state index is -3.41. The van der Waals surface area contributed by atoms with Crippen LogP contribution in [0.5, 0.6) is 11.5 Å². The summed E-state index contributed by atoms with van der Waals surface area (Å²) in [5.74, 6) is 1.34. The average Bonchev–Trinajstić information content (AvgIpc) is 3.04. The van der Waals surface area contributed by atoms with Crippen LogP contribution in [0.15, 0.2) is 39.9 Å². The first-order valence-corrected chi connectivity index (χ1v) is 9.26. The van der Waals surface area contributed by atoms with E-state index in [-0.39, 0.29) is 0 Å². The van der Waals surface area contributed by atoms with Gasteiger partial charge in [0.05, 0.1) is 13.7 Å². The first-order valence-electron chi connectivity index (χ1n) is 6.89.